The zero-order chi connectivity index (χ0) is 29.1. The van der Waals surface area contributed by atoms with Crippen molar-refractivity contribution in [3.63, 3.8) is 0 Å². The number of fused-ring (bicyclic) bond motifs is 22. The predicted molar refractivity (Wildman–Crippen MR) is 187 cm³/mol. The number of benzene rings is 2. The number of hydrogen-bond donors (Lipinski definition) is 1. The van der Waals surface area contributed by atoms with Crippen molar-refractivity contribution in [1.82, 2.24) is 4.90 Å². The minimum Gasteiger partial charge on any atom is -0.508 e. The molecule has 3 heterocycles. The molecule has 0 spiro atoms. The van der Waals surface area contributed by atoms with Gasteiger partial charge in [-0.05, 0) is 86.8 Å². The maximum atomic E-state index is 9.56. The Hall–Kier alpha value is -1.36. The lowest BCUT2D eigenvalue weighted by Gasteiger charge is -2.39. The number of hydrogen-bond acceptors (Lipinski definition) is 4. The quantitative estimate of drug-likeness (QED) is 0.364. The second-order valence-electron chi connectivity index (χ2n) is 13.1. The molecule has 5 rings (SSSR count). The fourth-order valence-electron chi connectivity index (χ4n) is 6.85. The first-order valence-electron chi connectivity index (χ1n) is 17.7. The van der Waals surface area contributed by atoms with E-state index >= 15 is 0 Å². The van der Waals surface area contributed by atoms with Gasteiger partial charge in [0.05, 0.1) is 0 Å². The highest BCUT2D eigenvalue weighted by molar-refractivity contribution is 7.99. The third-order valence-electron chi connectivity index (χ3n) is 9.51. The number of phenolic OH excluding ortho intramolecular Hbond substituents is 1. The first-order valence-corrected chi connectivity index (χ1v) is 18.5. The molecule has 0 aromatic heterocycles. The van der Waals surface area contributed by atoms with Gasteiger partial charge >= 0.3 is 0 Å². The number of halogens is 1. The SMILES string of the molecule is Cl.Oc1ccc(Sc2ccc(OC3CN4CCCCCCCCCCCCCCCCCCCCCC3CC4)cc2)cc1. The van der Waals surface area contributed by atoms with Crippen molar-refractivity contribution in [2.75, 3.05) is 19.6 Å². The molecular formula is C38H60ClNO2S. The summed E-state index contributed by atoms with van der Waals surface area (Å²) < 4.78 is 6.76. The molecule has 1 N–H and O–H groups in total. The first kappa shape index (κ1) is 36.1. The summed E-state index contributed by atoms with van der Waals surface area (Å²) in [6.07, 6.45) is 30.0. The third-order valence-corrected chi connectivity index (χ3v) is 10.5. The van der Waals surface area contributed by atoms with Gasteiger partial charge in [0, 0.05) is 16.3 Å². The van der Waals surface area contributed by atoms with Crippen LogP contribution in [-0.2, 0) is 0 Å². The Bertz CT molecular complexity index is 949. The summed E-state index contributed by atoms with van der Waals surface area (Å²) in [5.41, 5.74) is 0. The molecule has 2 aromatic rings. The Morgan fingerprint density at radius 2 is 0.977 bits per heavy atom. The van der Waals surface area contributed by atoms with E-state index in [2.05, 4.69) is 29.2 Å². The fraction of sp³-hybridized carbons (Fsp3) is 0.684. The number of phenols is 1. The van der Waals surface area contributed by atoms with Gasteiger partial charge in [-0.25, -0.2) is 0 Å². The molecule has 0 radical (unpaired) electrons. The Morgan fingerprint density at radius 1 is 0.535 bits per heavy atom. The number of nitrogens with zero attached hydrogens (tertiary/aromatic N) is 1. The topological polar surface area (TPSA) is 32.7 Å². The van der Waals surface area contributed by atoms with Crippen molar-refractivity contribution >= 4 is 24.2 Å². The monoisotopic (exact) mass is 629 g/mol. The van der Waals surface area contributed by atoms with Crippen molar-refractivity contribution in [3.8, 4) is 11.5 Å². The van der Waals surface area contributed by atoms with E-state index in [9.17, 15) is 5.11 Å². The highest BCUT2D eigenvalue weighted by atomic mass is 35.5. The van der Waals surface area contributed by atoms with E-state index in [0.29, 0.717) is 17.8 Å². The van der Waals surface area contributed by atoms with E-state index in [1.165, 1.54) is 153 Å². The van der Waals surface area contributed by atoms with Gasteiger partial charge in [0.1, 0.15) is 17.6 Å². The van der Waals surface area contributed by atoms with Crippen LogP contribution in [-0.4, -0.2) is 35.7 Å². The summed E-state index contributed by atoms with van der Waals surface area (Å²) in [6.45, 7) is 3.55. The first-order chi connectivity index (χ1) is 20.8. The third kappa shape index (κ3) is 15.0. The highest BCUT2D eigenvalue weighted by Gasteiger charge is 2.30. The number of aromatic hydroxyl groups is 1. The van der Waals surface area contributed by atoms with Crippen LogP contribution in [0.1, 0.15) is 135 Å². The van der Waals surface area contributed by atoms with E-state index in [4.69, 9.17) is 4.74 Å². The summed E-state index contributed by atoms with van der Waals surface area (Å²) in [4.78, 5) is 5.02. The van der Waals surface area contributed by atoms with Crippen LogP contribution >= 0.6 is 24.2 Å². The van der Waals surface area contributed by atoms with Crippen LogP contribution in [0.5, 0.6) is 11.5 Å². The summed E-state index contributed by atoms with van der Waals surface area (Å²) in [5, 5.41) is 9.56. The molecule has 2 bridgehead atoms. The van der Waals surface area contributed by atoms with Gasteiger partial charge in [-0.3, -0.25) is 4.90 Å². The normalized spacial score (nSPS) is 24.6. The molecule has 3 fully saturated rings. The minimum atomic E-state index is 0. The van der Waals surface area contributed by atoms with Crippen LogP contribution < -0.4 is 4.74 Å². The molecule has 3 atom stereocenters. The molecule has 5 heteroatoms. The molecule has 3 nitrogen and oxygen atoms in total. The zero-order valence-corrected chi connectivity index (χ0v) is 28.5. The van der Waals surface area contributed by atoms with E-state index < -0.39 is 0 Å². The second kappa shape index (κ2) is 22.2. The van der Waals surface area contributed by atoms with Gasteiger partial charge < -0.3 is 9.84 Å². The molecule has 0 amide bonds. The van der Waals surface area contributed by atoms with Crippen molar-refractivity contribution < 1.29 is 9.84 Å². The van der Waals surface area contributed by atoms with Crippen molar-refractivity contribution in [2.24, 2.45) is 5.92 Å². The molecule has 0 aliphatic carbocycles. The largest absolute Gasteiger partial charge is 0.508 e. The van der Waals surface area contributed by atoms with Crippen LogP contribution in [0.2, 0.25) is 0 Å². The van der Waals surface area contributed by atoms with Gasteiger partial charge in [-0.2, -0.15) is 0 Å². The van der Waals surface area contributed by atoms with Crippen LogP contribution in [0, 0.1) is 5.92 Å². The lowest BCUT2D eigenvalue weighted by molar-refractivity contribution is 0.0339. The smallest absolute Gasteiger partial charge is 0.119 e. The van der Waals surface area contributed by atoms with Gasteiger partial charge in [0.15, 0.2) is 0 Å². The van der Waals surface area contributed by atoms with Gasteiger partial charge in [-0.1, -0.05) is 127 Å². The van der Waals surface area contributed by atoms with Gasteiger partial charge in [-0.15, -0.1) is 12.4 Å². The maximum absolute atomic E-state index is 9.56. The molecule has 0 saturated carbocycles. The average molecular weight is 630 g/mol. The van der Waals surface area contributed by atoms with Crippen LogP contribution in [0.25, 0.3) is 0 Å². The highest BCUT2D eigenvalue weighted by Crippen LogP contribution is 2.32. The zero-order valence-electron chi connectivity index (χ0n) is 26.9. The van der Waals surface area contributed by atoms with Crippen LogP contribution in [0.15, 0.2) is 58.3 Å². The van der Waals surface area contributed by atoms with Gasteiger partial charge in [0.25, 0.3) is 0 Å². The predicted octanol–water partition coefficient (Wildman–Crippen LogP) is 11.9. The van der Waals surface area contributed by atoms with E-state index in [0.717, 1.165) is 17.2 Å². The summed E-state index contributed by atoms with van der Waals surface area (Å²) >= 11 is 1.72. The lowest BCUT2D eigenvalue weighted by atomic mass is 9.88. The Kier molecular flexibility index (Phi) is 18.6. The van der Waals surface area contributed by atoms with Crippen molar-refractivity contribution in [3.05, 3.63) is 48.5 Å². The molecule has 242 valence electrons. The van der Waals surface area contributed by atoms with Crippen molar-refractivity contribution in [1.29, 1.82) is 0 Å². The fourth-order valence-corrected chi connectivity index (χ4v) is 7.67. The number of piperidine rings is 1. The Morgan fingerprint density at radius 3 is 1.49 bits per heavy atom. The van der Waals surface area contributed by atoms with Crippen molar-refractivity contribution in [2.45, 2.75) is 151 Å². The van der Waals surface area contributed by atoms with E-state index in [1.807, 2.05) is 12.1 Å². The summed E-state index contributed by atoms with van der Waals surface area (Å²) in [6, 6.07) is 16.1. The maximum Gasteiger partial charge on any atom is 0.119 e. The molecule has 3 unspecified atom stereocenters. The minimum absolute atomic E-state index is 0. The number of rotatable bonds is 4. The number of ether oxygens (including phenoxy) is 1. The molecule has 3 saturated heterocycles. The lowest BCUT2D eigenvalue weighted by Crippen LogP contribution is -2.47. The Balaban J connectivity index is 0.00000506. The van der Waals surface area contributed by atoms with E-state index in [1.54, 1.807) is 23.9 Å². The molecule has 3 aliphatic heterocycles. The van der Waals surface area contributed by atoms with Crippen LogP contribution in [0.3, 0.4) is 0 Å². The summed E-state index contributed by atoms with van der Waals surface area (Å²) in [5.74, 6) is 1.98. The van der Waals surface area contributed by atoms with Crippen LogP contribution in [0.4, 0.5) is 0 Å². The van der Waals surface area contributed by atoms with Gasteiger partial charge in [0.2, 0.25) is 0 Å². The Labute approximate surface area is 274 Å². The molecule has 2 aromatic carbocycles. The van der Waals surface area contributed by atoms with E-state index in [-0.39, 0.29) is 12.4 Å². The summed E-state index contributed by atoms with van der Waals surface area (Å²) in [7, 11) is 0. The molecule has 43 heavy (non-hydrogen) atoms. The second-order valence-corrected chi connectivity index (χ2v) is 14.2. The molecule has 3 aliphatic rings. The average Bonchev–Trinajstić information content (AvgIpc) is 3.00. The molecular weight excluding hydrogens is 570 g/mol. The standard InChI is InChI=1S/C38H59NO2S.ClH/c40-34-21-25-36(26-22-34)42-37-27-23-35(24-28-37)41-38-32-39-30-19-17-15-13-11-9-7-5-3-1-2-4-6-8-10-12-14-16-18-20-33(38)29-31-39;/h21-28,33,38,40H,1-20,29-32H2;1H.